The van der Waals surface area contributed by atoms with Gasteiger partial charge in [0.1, 0.15) is 6.54 Å². The zero-order chi connectivity index (χ0) is 20.5. The van der Waals surface area contributed by atoms with Crippen molar-refractivity contribution in [3.63, 3.8) is 0 Å². The Hall–Kier alpha value is -2.81. The van der Waals surface area contributed by atoms with Gasteiger partial charge in [-0.3, -0.25) is 19.4 Å². The fraction of sp³-hybridized carbons (Fsp3) is 0.333. The normalized spacial score (nSPS) is 16.6. The summed E-state index contributed by atoms with van der Waals surface area (Å²) in [7, 11) is 0. The second kappa shape index (κ2) is 8.14. The highest BCUT2D eigenvalue weighted by Gasteiger charge is 2.27. The van der Waals surface area contributed by atoms with Crippen molar-refractivity contribution < 1.29 is 5.11 Å². The minimum absolute atomic E-state index is 0.183. The number of aliphatic hydroxyl groups is 1. The first-order valence-corrected chi connectivity index (χ1v) is 10.4. The molecule has 2 aromatic heterocycles. The molecule has 154 valence electrons. The van der Waals surface area contributed by atoms with Crippen molar-refractivity contribution in [2.75, 3.05) is 44.2 Å². The largest absolute Gasteiger partial charge is 0.395 e. The van der Waals surface area contributed by atoms with Crippen LogP contribution in [-0.2, 0) is 6.54 Å². The number of hydrogen-bond acceptors (Lipinski definition) is 7. The third-order valence-electron chi connectivity index (χ3n) is 5.53. The van der Waals surface area contributed by atoms with Crippen LogP contribution in [0.15, 0.2) is 47.6 Å². The number of benzene rings is 1. The number of β-amino-alcohol motifs (C(OH)–C–C–N with tert-alkyl or cyclic N) is 1. The van der Waals surface area contributed by atoms with Crippen molar-refractivity contribution in [2.24, 2.45) is 4.99 Å². The van der Waals surface area contributed by atoms with Gasteiger partial charge < -0.3 is 10.0 Å². The fourth-order valence-corrected chi connectivity index (χ4v) is 4.20. The van der Waals surface area contributed by atoms with Gasteiger partial charge >= 0.3 is 0 Å². The molecule has 3 aromatic rings. The number of piperazine rings is 1. The first-order valence-electron chi connectivity index (χ1n) is 10.0. The van der Waals surface area contributed by atoms with Crippen molar-refractivity contribution in [1.82, 2.24) is 24.6 Å². The third kappa shape index (κ3) is 3.47. The highest BCUT2D eigenvalue weighted by atomic mass is 35.5. The summed E-state index contributed by atoms with van der Waals surface area (Å²) in [6, 6.07) is 11.6. The number of rotatable bonds is 4. The summed E-state index contributed by atoms with van der Waals surface area (Å²) in [6.07, 6.45) is 1.77. The molecule has 1 fully saturated rings. The van der Waals surface area contributed by atoms with Crippen LogP contribution in [0, 0.1) is 0 Å². The molecule has 0 atom stereocenters. The molecule has 30 heavy (non-hydrogen) atoms. The van der Waals surface area contributed by atoms with E-state index in [4.69, 9.17) is 16.6 Å². The molecule has 5 rings (SSSR count). The van der Waals surface area contributed by atoms with E-state index in [-0.39, 0.29) is 6.61 Å². The highest BCUT2D eigenvalue weighted by molar-refractivity contribution is 6.31. The van der Waals surface area contributed by atoms with Crippen LogP contribution in [-0.4, -0.2) is 74.8 Å². The Labute approximate surface area is 179 Å². The minimum atomic E-state index is 0.183. The molecular formula is C21H22ClN7O. The van der Waals surface area contributed by atoms with E-state index in [2.05, 4.69) is 29.5 Å². The number of aliphatic imine (C=N–C) groups is 1. The van der Waals surface area contributed by atoms with Gasteiger partial charge in [0, 0.05) is 49.5 Å². The SMILES string of the molecule is OCCN1CCN(c2nnc3n2-c2ccc(Cl)cc2C(c2ccccn2)=NC3)CC1. The molecule has 0 spiro atoms. The predicted molar refractivity (Wildman–Crippen MR) is 116 cm³/mol. The van der Waals surface area contributed by atoms with Crippen LogP contribution in [0.4, 0.5) is 5.95 Å². The summed E-state index contributed by atoms with van der Waals surface area (Å²) in [5.74, 6) is 1.60. The highest BCUT2D eigenvalue weighted by Crippen LogP contribution is 2.30. The van der Waals surface area contributed by atoms with Gasteiger partial charge in [0.05, 0.1) is 23.7 Å². The molecule has 1 aromatic carbocycles. The van der Waals surface area contributed by atoms with Crippen LogP contribution >= 0.6 is 11.6 Å². The zero-order valence-electron chi connectivity index (χ0n) is 16.4. The second-order valence-corrected chi connectivity index (χ2v) is 7.78. The number of nitrogens with zero attached hydrogens (tertiary/aromatic N) is 7. The third-order valence-corrected chi connectivity index (χ3v) is 5.76. The maximum atomic E-state index is 9.20. The van der Waals surface area contributed by atoms with E-state index in [0.29, 0.717) is 18.1 Å². The van der Waals surface area contributed by atoms with Crippen LogP contribution in [0.2, 0.25) is 5.02 Å². The first kappa shape index (κ1) is 19.2. The number of aromatic nitrogens is 4. The van der Waals surface area contributed by atoms with E-state index in [1.54, 1.807) is 6.20 Å². The van der Waals surface area contributed by atoms with E-state index in [9.17, 15) is 5.11 Å². The van der Waals surface area contributed by atoms with Crippen molar-refractivity contribution in [3.8, 4) is 5.69 Å². The lowest BCUT2D eigenvalue weighted by Gasteiger charge is -2.35. The van der Waals surface area contributed by atoms with Gasteiger partial charge in [-0.2, -0.15) is 0 Å². The average molecular weight is 424 g/mol. The van der Waals surface area contributed by atoms with Gasteiger partial charge in [0.15, 0.2) is 5.82 Å². The molecule has 0 amide bonds. The van der Waals surface area contributed by atoms with E-state index < -0.39 is 0 Å². The molecule has 0 radical (unpaired) electrons. The molecule has 0 unspecified atom stereocenters. The number of halogens is 1. The molecule has 1 N–H and O–H groups in total. The van der Waals surface area contributed by atoms with Crippen LogP contribution in [0.25, 0.3) is 5.69 Å². The number of aliphatic hydroxyl groups excluding tert-OH is 1. The number of pyridine rings is 1. The predicted octanol–water partition coefficient (Wildman–Crippen LogP) is 1.78. The minimum Gasteiger partial charge on any atom is -0.395 e. The first-order chi connectivity index (χ1) is 14.7. The standard InChI is InChI=1S/C21H22ClN7O/c22-15-4-5-18-16(13-15)20(17-3-1-2-6-23-17)24-14-19-25-26-21(29(18)19)28-9-7-27(8-10-28)11-12-30/h1-6,13,30H,7-12,14H2. The Bertz CT molecular complexity index is 1070. The second-order valence-electron chi connectivity index (χ2n) is 7.35. The van der Waals surface area contributed by atoms with Crippen molar-refractivity contribution in [1.29, 1.82) is 0 Å². The topological polar surface area (TPSA) is 82.7 Å². The summed E-state index contributed by atoms with van der Waals surface area (Å²) in [6.45, 7) is 4.72. The Balaban J connectivity index is 1.56. The van der Waals surface area contributed by atoms with Crippen molar-refractivity contribution in [3.05, 3.63) is 64.7 Å². The van der Waals surface area contributed by atoms with Crippen molar-refractivity contribution in [2.45, 2.75) is 6.54 Å². The maximum Gasteiger partial charge on any atom is 0.232 e. The quantitative estimate of drug-likeness (QED) is 0.688. The smallest absolute Gasteiger partial charge is 0.232 e. The molecule has 2 aliphatic rings. The summed E-state index contributed by atoms with van der Waals surface area (Å²) >= 11 is 6.37. The molecule has 9 heteroatoms. The monoisotopic (exact) mass is 423 g/mol. The zero-order valence-corrected chi connectivity index (χ0v) is 17.2. The van der Waals surface area contributed by atoms with Crippen molar-refractivity contribution >= 4 is 23.3 Å². The number of fused-ring (bicyclic) bond motifs is 3. The molecule has 8 nitrogen and oxygen atoms in total. The summed E-state index contributed by atoms with van der Waals surface area (Å²) in [4.78, 5) is 13.8. The Morgan fingerprint density at radius 2 is 1.90 bits per heavy atom. The fourth-order valence-electron chi connectivity index (χ4n) is 4.02. The van der Waals surface area contributed by atoms with Gasteiger partial charge in [-0.15, -0.1) is 10.2 Å². The number of anilines is 1. The van der Waals surface area contributed by atoms with Gasteiger partial charge in [0.2, 0.25) is 5.95 Å². The lowest BCUT2D eigenvalue weighted by atomic mass is 10.0. The van der Waals surface area contributed by atoms with Crippen LogP contribution in [0.3, 0.4) is 0 Å². The summed E-state index contributed by atoms with van der Waals surface area (Å²) in [5, 5.41) is 18.8. The molecule has 0 bridgehead atoms. The summed E-state index contributed by atoms with van der Waals surface area (Å²) < 4.78 is 2.09. The molecular weight excluding hydrogens is 402 g/mol. The Kier molecular flexibility index (Phi) is 5.20. The van der Waals surface area contributed by atoms with Crippen LogP contribution < -0.4 is 4.90 Å². The molecule has 0 aliphatic carbocycles. The maximum absolute atomic E-state index is 9.20. The lowest BCUT2D eigenvalue weighted by molar-refractivity contribution is 0.188. The Morgan fingerprint density at radius 3 is 2.67 bits per heavy atom. The summed E-state index contributed by atoms with van der Waals surface area (Å²) in [5.41, 5.74) is 3.48. The van der Waals surface area contributed by atoms with Crippen LogP contribution in [0.5, 0.6) is 0 Å². The van der Waals surface area contributed by atoms with E-state index in [1.165, 1.54) is 0 Å². The lowest BCUT2D eigenvalue weighted by Crippen LogP contribution is -2.48. The molecule has 1 saturated heterocycles. The molecule has 2 aliphatic heterocycles. The van der Waals surface area contributed by atoms with Gasteiger partial charge in [-0.25, -0.2) is 0 Å². The van der Waals surface area contributed by atoms with E-state index in [0.717, 1.165) is 60.6 Å². The van der Waals surface area contributed by atoms with Gasteiger partial charge in [-0.05, 0) is 30.3 Å². The molecule has 0 saturated carbocycles. The van der Waals surface area contributed by atoms with Crippen LogP contribution in [0.1, 0.15) is 17.1 Å². The Morgan fingerprint density at radius 1 is 1.03 bits per heavy atom. The van der Waals surface area contributed by atoms with E-state index in [1.807, 2.05) is 36.4 Å². The average Bonchev–Trinajstić information content (AvgIpc) is 3.12. The number of hydrogen-bond donors (Lipinski definition) is 1. The molecule has 4 heterocycles. The van der Waals surface area contributed by atoms with E-state index >= 15 is 0 Å². The van der Waals surface area contributed by atoms with Gasteiger partial charge in [0.25, 0.3) is 0 Å². The van der Waals surface area contributed by atoms with Gasteiger partial charge in [-0.1, -0.05) is 17.7 Å².